The van der Waals surface area contributed by atoms with Crippen molar-refractivity contribution in [2.75, 3.05) is 0 Å². The molecule has 0 bridgehead atoms. The van der Waals surface area contributed by atoms with Gasteiger partial charge in [-0.1, -0.05) is 134 Å². The van der Waals surface area contributed by atoms with Gasteiger partial charge in [-0.3, -0.25) is 0 Å². The van der Waals surface area contributed by atoms with E-state index in [-0.39, 0.29) is 0 Å². The third kappa shape index (κ3) is 10.1. The van der Waals surface area contributed by atoms with Gasteiger partial charge in [-0.2, -0.15) is 0 Å². The van der Waals surface area contributed by atoms with Crippen LogP contribution in [0.15, 0.2) is 0 Å². The number of hydrogen-bond acceptors (Lipinski definition) is 0. The van der Waals surface area contributed by atoms with E-state index < -0.39 is 0 Å². The van der Waals surface area contributed by atoms with E-state index in [1.165, 1.54) is 51.4 Å². The summed E-state index contributed by atoms with van der Waals surface area (Å²) in [7, 11) is 0. The SMILES string of the molecule is CCC(C)C(C)C(C)C(C)C(C)CCCCCCC(C)C(C)C(C)C(C)C(C)CC. The molecule has 0 radical (unpaired) electrons. The quantitative estimate of drug-likeness (QED) is 0.204. The van der Waals surface area contributed by atoms with Crippen molar-refractivity contribution in [1.82, 2.24) is 0 Å². The number of rotatable bonds is 17. The smallest absolute Gasteiger partial charge is 0.0386 e. The molecule has 0 spiro atoms. The van der Waals surface area contributed by atoms with E-state index in [4.69, 9.17) is 0 Å². The van der Waals surface area contributed by atoms with Crippen molar-refractivity contribution in [3.63, 3.8) is 0 Å². The second kappa shape index (κ2) is 15.7. The molecule has 0 aliphatic heterocycles. The molecule has 0 heterocycles. The van der Waals surface area contributed by atoms with Gasteiger partial charge in [0, 0.05) is 0 Å². The molecule has 0 nitrogen and oxygen atoms in total. The summed E-state index contributed by atoms with van der Waals surface area (Å²) in [5.74, 6) is 8.54. The van der Waals surface area contributed by atoms with E-state index in [1.54, 1.807) is 0 Å². The molecule has 0 aliphatic rings. The van der Waals surface area contributed by atoms with Gasteiger partial charge in [0.2, 0.25) is 0 Å². The van der Waals surface area contributed by atoms with E-state index >= 15 is 0 Å². The Labute approximate surface area is 193 Å². The molecule has 0 aromatic heterocycles. The van der Waals surface area contributed by atoms with E-state index in [9.17, 15) is 0 Å². The van der Waals surface area contributed by atoms with E-state index in [2.05, 4.69) is 83.1 Å². The second-order valence-corrected chi connectivity index (χ2v) is 11.9. The van der Waals surface area contributed by atoms with Gasteiger partial charge in [-0.15, -0.1) is 0 Å². The predicted octanol–water partition coefficient (Wildman–Crippen LogP) is 10.5. The molecule has 182 valence electrons. The zero-order chi connectivity index (χ0) is 23.4. The summed E-state index contributed by atoms with van der Waals surface area (Å²) in [5.41, 5.74) is 0. The topological polar surface area (TPSA) is 0 Å². The van der Waals surface area contributed by atoms with E-state index in [0.29, 0.717) is 0 Å². The van der Waals surface area contributed by atoms with E-state index in [0.717, 1.165) is 59.2 Å². The maximum atomic E-state index is 2.51. The van der Waals surface area contributed by atoms with Crippen LogP contribution in [0.25, 0.3) is 0 Å². The average molecular weight is 423 g/mol. The Morgan fingerprint density at radius 3 is 0.867 bits per heavy atom. The van der Waals surface area contributed by atoms with Crippen LogP contribution in [0, 0.1) is 59.2 Å². The first-order valence-corrected chi connectivity index (χ1v) is 14.0. The highest BCUT2D eigenvalue weighted by molar-refractivity contribution is 4.77. The molecular weight excluding hydrogens is 360 g/mol. The summed E-state index contributed by atoms with van der Waals surface area (Å²) in [4.78, 5) is 0. The standard InChI is InChI=1S/C30H62/c1-13-21(3)25(7)29(11)27(9)23(5)19-17-15-16-18-20-24(6)28(10)30(12)26(8)22(4)14-2/h21-30H,13-20H2,1-12H3. The van der Waals surface area contributed by atoms with Gasteiger partial charge in [0.25, 0.3) is 0 Å². The van der Waals surface area contributed by atoms with Crippen LogP contribution in [0.1, 0.15) is 134 Å². The fourth-order valence-electron chi connectivity index (χ4n) is 5.59. The Morgan fingerprint density at radius 1 is 0.333 bits per heavy atom. The first-order chi connectivity index (χ1) is 14.0. The summed E-state index contributed by atoms with van der Waals surface area (Å²) in [6, 6.07) is 0. The van der Waals surface area contributed by atoms with Crippen molar-refractivity contribution in [2.45, 2.75) is 134 Å². The van der Waals surface area contributed by atoms with Crippen LogP contribution in [0.4, 0.5) is 0 Å². The Balaban J connectivity index is 4.13. The summed E-state index contributed by atoms with van der Waals surface area (Å²) in [5, 5.41) is 0. The average Bonchev–Trinajstić information content (AvgIpc) is 2.76. The monoisotopic (exact) mass is 422 g/mol. The first kappa shape index (κ1) is 30.0. The molecule has 0 rings (SSSR count). The summed E-state index contributed by atoms with van der Waals surface area (Å²) >= 11 is 0. The molecule has 10 atom stereocenters. The minimum Gasteiger partial charge on any atom is -0.0651 e. The third-order valence-electron chi connectivity index (χ3n) is 10.3. The van der Waals surface area contributed by atoms with E-state index in [1.807, 2.05) is 0 Å². The number of unbranched alkanes of at least 4 members (excludes halogenated alkanes) is 3. The van der Waals surface area contributed by atoms with Gasteiger partial charge in [-0.25, -0.2) is 0 Å². The molecule has 0 aromatic rings. The van der Waals surface area contributed by atoms with Gasteiger partial charge in [0.05, 0.1) is 0 Å². The molecule has 30 heavy (non-hydrogen) atoms. The van der Waals surface area contributed by atoms with Crippen molar-refractivity contribution in [2.24, 2.45) is 59.2 Å². The summed E-state index contributed by atoms with van der Waals surface area (Å²) in [6.07, 6.45) is 11.2. The second-order valence-electron chi connectivity index (χ2n) is 11.9. The molecule has 0 heteroatoms. The minimum atomic E-state index is 0.845. The van der Waals surface area contributed by atoms with Crippen LogP contribution in [0.2, 0.25) is 0 Å². The normalized spacial score (nSPS) is 22.4. The largest absolute Gasteiger partial charge is 0.0651 e. The fourth-order valence-corrected chi connectivity index (χ4v) is 5.59. The zero-order valence-electron chi connectivity index (χ0n) is 23.4. The fraction of sp³-hybridized carbons (Fsp3) is 1.00. The van der Waals surface area contributed by atoms with Crippen molar-refractivity contribution >= 4 is 0 Å². The Kier molecular flexibility index (Phi) is 15.7. The molecule has 0 fully saturated rings. The van der Waals surface area contributed by atoms with Crippen LogP contribution >= 0.6 is 0 Å². The third-order valence-corrected chi connectivity index (χ3v) is 10.3. The van der Waals surface area contributed by atoms with Gasteiger partial charge in [0.15, 0.2) is 0 Å². The van der Waals surface area contributed by atoms with Crippen LogP contribution < -0.4 is 0 Å². The molecule has 0 aliphatic carbocycles. The highest BCUT2D eigenvalue weighted by Crippen LogP contribution is 2.35. The van der Waals surface area contributed by atoms with Crippen molar-refractivity contribution in [3.8, 4) is 0 Å². The number of hydrogen-bond donors (Lipinski definition) is 0. The molecular formula is C30H62. The zero-order valence-corrected chi connectivity index (χ0v) is 23.4. The molecule has 0 saturated heterocycles. The lowest BCUT2D eigenvalue weighted by molar-refractivity contribution is 0.158. The maximum Gasteiger partial charge on any atom is -0.0386 e. The van der Waals surface area contributed by atoms with Crippen LogP contribution in [0.3, 0.4) is 0 Å². The predicted molar refractivity (Wildman–Crippen MR) is 140 cm³/mol. The van der Waals surface area contributed by atoms with Crippen molar-refractivity contribution in [3.05, 3.63) is 0 Å². The van der Waals surface area contributed by atoms with Gasteiger partial charge in [0.1, 0.15) is 0 Å². The lowest BCUT2D eigenvalue weighted by atomic mass is 9.72. The van der Waals surface area contributed by atoms with Crippen molar-refractivity contribution in [1.29, 1.82) is 0 Å². The van der Waals surface area contributed by atoms with Gasteiger partial charge in [-0.05, 0) is 59.2 Å². The Hall–Kier alpha value is 0. The Morgan fingerprint density at radius 2 is 0.600 bits per heavy atom. The summed E-state index contributed by atoms with van der Waals surface area (Å²) < 4.78 is 0. The molecule has 10 unspecified atom stereocenters. The maximum absolute atomic E-state index is 2.51. The van der Waals surface area contributed by atoms with Crippen LogP contribution in [-0.4, -0.2) is 0 Å². The lowest BCUT2D eigenvalue weighted by Gasteiger charge is -2.34. The van der Waals surface area contributed by atoms with Crippen LogP contribution in [0.5, 0.6) is 0 Å². The molecule has 0 amide bonds. The molecule has 0 saturated carbocycles. The van der Waals surface area contributed by atoms with Gasteiger partial charge < -0.3 is 0 Å². The molecule has 0 N–H and O–H groups in total. The first-order valence-electron chi connectivity index (χ1n) is 14.0. The minimum absolute atomic E-state index is 0.845. The Bertz CT molecular complexity index is 361. The van der Waals surface area contributed by atoms with Gasteiger partial charge >= 0.3 is 0 Å². The highest BCUT2D eigenvalue weighted by atomic mass is 14.3. The van der Waals surface area contributed by atoms with Crippen molar-refractivity contribution < 1.29 is 0 Å². The molecule has 0 aromatic carbocycles. The highest BCUT2D eigenvalue weighted by Gasteiger charge is 2.27. The van der Waals surface area contributed by atoms with Crippen LogP contribution in [-0.2, 0) is 0 Å². The summed E-state index contributed by atoms with van der Waals surface area (Å²) in [6.45, 7) is 29.6. The lowest BCUT2D eigenvalue weighted by Crippen LogP contribution is -2.26.